The first kappa shape index (κ1) is 30.2. The quantitative estimate of drug-likeness (QED) is 0.249. The number of aryl methyl sites for hydroxylation is 1. The van der Waals surface area contributed by atoms with E-state index in [1.165, 1.54) is 11.1 Å². The Kier molecular flexibility index (Phi) is 11.3. The highest BCUT2D eigenvalue weighted by Crippen LogP contribution is 2.43. The second-order valence-corrected chi connectivity index (χ2v) is 12.0. The molecular formula is C31H50O3. The van der Waals surface area contributed by atoms with E-state index >= 15 is 0 Å². The Morgan fingerprint density at radius 3 is 2.15 bits per heavy atom. The number of carbonyl (C=O) groups is 1. The molecule has 0 saturated carbocycles. The van der Waals surface area contributed by atoms with E-state index in [4.69, 9.17) is 4.74 Å². The van der Waals surface area contributed by atoms with Crippen LogP contribution in [-0.2, 0) is 10.2 Å². The third kappa shape index (κ3) is 8.73. The van der Waals surface area contributed by atoms with Gasteiger partial charge in [0.15, 0.2) is 6.29 Å². The third-order valence-corrected chi connectivity index (χ3v) is 6.88. The molecule has 0 aliphatic rings. The molecule has 1 aromatic carbocycles. The number of benzene rings is 1. The SMILES string of the molecule is CCC(CC)(C(/C=C\C(C)CCC(O)C(C)(C)C)=C/C(C)(C)C)c1ccc(OCC=O)c(C)c1. The highest BCUT2D eigenvalue weighted by molar-refractivity contribution is 5.52. The van der Waals surface area contributed by atoms with Gasteiger partial charge in [-0.1, -0.05) is 92.7 Å². The average molecular weight is 471 g/mol. The first-order valence-corrected chi connectivity index (χ1v) is 13.0. The lowest BCUT2D eigenvalue weighted by Crippen LogP contribution is -2.28. The Balaban J connectivity index is 3.36. The average Bonchev–Trinajstić information content (AvgIpc) is 2.74. The van der Waals surface area contributed by atoms with E-state index in [1.807, 2.05) is 13.0 Å². The van der Waals surface area contributed by atoms with E-state index in [9.17, 15) is 9.90 Å². The van der Waals surface area contributed by atoms with Gasteiger partial charge in [-0.25, -0.2) is 0 Å². The lowest BCUT2D eigenvalue weighted by Gasteiger charge is -2.36. The normalized spacial score (nSPS) is 15.4. The van der Waals surface area contributed by atoms with E-state index < -0.39 is 0 Å². The predicted octanol–water partition coefficient (Wildman–Crippen LogP) is 7.98. The van der Waals surface area contributed by atoms with E-state index in [0.717, 1.165) is 43.3 Å². The largest absolute Gasteiger partial charge is 0.486 e. The van der Waals surface area contributed by atoms with Gasteiger partial charge in [-0.2, -0.15) is 0 Å². The molecule has 0 aromatic heterocycles. The molecule has 0 amide bonds. The van der Waals surface area contributed by atoms with Crippen molar-refractivity contribution in [2.45, 2.75) is 106 Å². The zero-order valence-electron chi connectivity index (χ0n) is 23.5. The fraction of sp³-hybridized carbons (Fsp3) is 0.645. The van der Waals surface area contributed by atoms with Crippen LogP contribution in [0.1, 0.15) is 99.1 Å². The van der Waals surface area contributed by atoms with Gasteiger partial charge in [0.1, 0.15) is 12.4 Å². The molecule has 0 bridgehead atoms. The number of ether oxygens (including phenoxy) is 1. The fourth-order valence-corrected chi connectivity index (χ4v) is 4.50. The van der Waals surface area contributed by atoms with Gasteiger partial charge in [-0.05, 0) is 72.1 Å². The summed E-state index contributed by atoms with van der Waals surface area (Å²) in [4.78, 5) is 10.7. The number of allylic oxidation sites excluding steroid dienone is 4. The van der Waals surface area contributed by atoms with Gasteiger partial charge in [0, 0.05) is 5.41 Å². The Hall–Kier alpha value is -1.87. The van der Waals surface area contributed by atoms with Gasteiger partial charge in [0.25, 0.3) is 0 Å². The van der Waals surface area contributed by atoms with Crippen LogP contribution < -0.4 is 4.74 Å². The third-order valence-electron chi connectivity index (χ3n) is 6.88. The molecule has 2 atom stereocenters. The number of aliphatic hydroxyl groups is 1. The summed E-state index contributed by atoms with van der Waals surface area (Å²) in [5, 5.41) is 10.5. The molecule has 0 saturated heterocycles. The summed E-state index contributed by atoms with van der Waals surface area (Å²) >= 11 is 0. The van der Waals surface area contributed by atoms with E-state index in [-0.39, 0.29) is 29.0 Å². The number of rotatable bonds is 12. The summed E-state index contributed by atoms with van der Waals surface area (Å²) in [5.41, 5.74) is 3.53. The standard InChI is InChI=1S/C31H50O3/c1-11-31(12-2,25-16-17-27(24(4)21-25)34-20-19-32)26(22-29(5,6)7)15-13-23(3)14-18-28(33)30(8,9)10/h13,15-17,19,21-23,28,33H,11-12,14,18,20H2,1-10H3/b15-13-,26-22+. The van der Waals surface area contributed by atoms with Crippen molar-refractivity contribution in [3.05, 3.63) is 53.1 Å². The van der Waals surface area contributed by atoms with E-state index in [2.05, 4.69) is 92.7 Å². The molecule has 0 radical (unpaired) electrons. The molecule has 192 valence electrons. The maximum atomic E-state index is 10.7. The molecule has 0 heterocycles. The number of aldehydes is 1. The summed E-state index contributed by atoms with van der Waals surface area (Å²) in [5.74, 6) is 1.15. The molecule has 0 aliphatic heterocycles. The predicted molar refractivity (Wildman–Crippen MR) is 146 cm³/mol. The molecule has 1 N–H and O–H groups in total. The monoisotopic (exact) mass is 470 g/mol. The Morgan fingerprint density at radius 2 is 1.68 bits per heavy atom. The van der Waals surface area contributed by atoms with Crippen LogP contribution in [0.5, 0.6) is 5.75 Å². The summed E-state index contributed by atoms with van der Waals surface area (Å²) in [6.45, 7) is 21.9. The van der Waals surface area contributed by atoms with Crippen molar-refractivity contribution in [2.75, 3.05) is 6.61 Å². The smallest absolute Gasteiger partial charge is 0.157 e. The molecule has 1 aromatic rings. The number of carbonyl (C=O) groups excluding carboxylic acids is 1. The highest BCUT2D eigenvalue weighted by atomic mass is 16.5. The zero-order valence-corrected chi connectivity index (χ0v) is 23.5. The van der Waals surface area contributed by atoms with Crippen molar-refractivity contribution >= 4 is 6.29 Å². The van der Waals surface area contributed by atoms with Gasteiger partial charge >= 0.3 is 0 Å². The van der Waals surface area contributed by atoms with Crippen molar-refractivity contribution in [3.63, 3.8) is 0 Å². The molecule has 0 spiro atoms. The van der Waals surface area contributed by atoms with Crippen LogP contribution in [0.2, 0.25) is 0 Å². The van der Waals surface area contributed by atoms with Gasteiger partial charge in [0.05, 0.1) is 6.10 Å². The first-order valence-electron chi connectivity index (χ1n) is 13.0. The topological polar surface area (TPSA) is 46.5 Å². The Labute approximate surface area is 209 Å². The van der Waals surface area contributed by atoms with Crippen LogP contribution in [0.4, 0.5) is 0 Å². The van der Waals surface area contributed by atoms with Gasteiger partial charge in [-0.3, -0.25) is 4.79 Å². The molecule has 0 fully saturated rings. The van der Waals surface area contributed by atoms with E-state index in [0.29, 0.717) is 5.92 Å². The molecule has 3 heteroatoms. The zero-order chi connectivity index (χ0) is 26.2. The van der Waals surface area contributed by atoms with Crippen LogP contribution in [0.15, 0.2) is 42.0 Å². The molecule has 0 aliphatic carbocycles. The second-order valence-electron chi connectivity index (χ2n) is 12.0. The van der Waals surface area contributed by atoms with Crippen LogP contribution in [0, 0.1) is 23.7 Å². The maximum absolute atomic E-state index is 10.7. The van der Waals surface area contributed by atoms with Crippen molar-refractivity contribution in [3.8, 4) is 5.75 Å². The summed E-state index contributed by atoms with van der Waals surface area (Å²) in [7, 11) is 0. The number of hydrogen-bond acceptors (Lipinski definition) is 3. The first-order chi connectivity index (χ1) is 15.7. The van der Waals surface area contributed by atoms with Crippen molar-refractivity contribution < 1.29 is 14.6 Å². The Bertz CT molecular complexity index is 829. The molecule has 2 unspecified atom stereocenters. The van der Waals surface area contributed by atoms with Gasteiger partial charge in [-0.15, -0.1) is 0 Å². The maximum Gasteiger partial charge on any atom is 0.157 e. The van der Waals surface area contributed by atoms with Crippen LogP contribution in [0.25, 0.3) is 0 Å². The van der Waals surface area contributed by atoms with Crippen LogP contribution >= 0.6 is 0 Å². The second kappa shape index (κ2) is 12.7. The highest BCUT2D eigenvalue weighted by Gasteiger charge is 2.33. The Morgan fingerprint density at radius 1 is 1.06 bits per heavy atom. The van der Waals surface area contributed by atoms with Gasteiger partial charge in [0.2, 0.25) is 0 Å². The molecular weight excluding hydrogens is 420 g/mol. The van der Waals surface area contributed by atoms with Crippen molar-refractivity contribution in [1.82, 2.24) is 0 Å². The number of aliphatic hydroxyl groups excluding tert-OH is 1. The minimum absolute atomic E-state index is 0.0446. The van der Waals surface area contributed by atoms with Crippen LogP contribution in [-0.4, -0.2) is 24.1 Å². The molecule has 1 rings (SSSR count). The molecule has 34 heavy (non-hydrogen) atoms. The van der Waals surface area contributed by atoms with E-state index in [1.54, 1.807) is 0 Å². The summed E-state index contributed by atoms with van der Waals surface area (Å²) in [6, 6.07) is 6.39. The fourth-order valence-electron chi connectivity index (χ4n) is 4.50. The number of hydrogen-bond donors (Lipinski definition) is 1. The van der Waals surface area contributed by atoms with Crippen LogP contribution in [0.3, 0.4) is 0 Å². The lowest BCUT2D eigenvalue weighted by atomic mass is 9.68. The summed E-state index contributed by atoms with van der Waals surface area (Å²) in [6.07, 6.45) is 11.3. The summed E-state index contributed by atoms with van der Waals surface area (Å²) < 4.78 is 5.59. The minimum atomic E-state index is -0.291. The van der Waals surface area contributed by atoms with Crippen molar-refractivity contribution in [1.29, 1.82) is 0 Å². The van der Waals surface area contributed by atoms with Gasteiger partial charge < -0.3 is 9.84 Å². The van der Waals surface area contributed by atoms with Crippen molar-refractivity contribution in [2.24, 2.45) is 16.7 Å². The lowest BCUT2D eigenvalue weighted by molar-refractivity contribution is -0.109. The minimum Gasteiger partial charge on any atom is -0.486 e. The molecule has 3 nitrogen and oxygen atoms in total.